The fraction of sp³-hybridized carbons (Fsp3) is 0.0952. The molecule has 160 valence electrons. The number of nitro benzene ring substituents is 1. The highest BCUT2D eigenvalue weighted by Crippen LogP contribution is 2.30. The van der Waals surface area contributed by atoms with E-state index < -0.39 is 14.9 Å². The lowest BCUT2D eigenvalue weighted by molar-refractivity contribution is -0.384. The molecule has 0 aliphatic rings. The first-order chi connectivity index (χ1) is 14.8. The van der Waals surface area contributed by atoms with Gasteiger partial charge in [-0.2, -0.15) is 0 Å². The zero-order valence-corrected chi connectivity index (χ0v) is 17.3. The molecule has 0 aliphatic carbocycles. The van der Waals surface area contributed by atoms with E-state index in [9.17, 15) is 23.3 Å². The number of hydrogen-bond donors (Lipinski definition) is 2. The number of carbonyl (C=O) groups excluding carboxylic acids is 1. The molecule has 10 heteroatoms. The van der Waals surface area contributed by atoms with Gasteiger partial charge < -0.3 is 10.1 Å². The molecule has 0 aliphatic heterocycles. The van der Waals surface area contributed by atoms with Crippen molar-refractivity contribution in [1.29, 1.82) is 0 Å². The summed E-state index contributed by atoms with van der Waals surface area (Å²) in [5.41, 5.74) is 0.873. The number of hydrogen-bond acceptors (Lipinski definition) is 6. The van der Waals surface area contributed by atoms with Crippen LogP contribution in [-0.4, -0.2) is 26.4 Å². The van der Waals surface area contributed by atoms with Gasteiger partial charge in [-0.1, -0.05) is 30.3 Å². The van der Waals surface area contributed by atoms with E-state index in [1.54, 1.807) is 0 Å². The monoisotopic (exact) mass is 441 g/mol. The second-order valence-corrected chi connectivity index (χ2v) is 8.12. The molecular formula is C21H19N3O6S. The van der Waals surface area contributed by atoms with Crippen LogP contribution < -0.4 is 14.8 Å². The minimum absolute atomic E-state index is 0.0682. The minimum Gasteiger partial charge on any atom is -0.495 e. The molecule has 0 saturated carbocycles. The molecule has 0 unspecified atom stereocenters. The number of sulfonamides is 1. The van der Waals surface area contributed by atoms with Gasteiger partial charge in [0, 0.05) is 24.2 Å². The topological polar surface area (TPSA) is 128 Å². The smallest absolute Gasteiger partial charge is 0.271 e. The van der Waals surface area contributed by atoms with Crippen molar-refractivity contribution < 1.29 is 22.9 Å². The fourth-order valence-electron chi connectivity index (χ4n) is 2.76. The molecular weight excluding hydrogens is 422 g/mol. The largest absolute Gasteiger partial charge is 0.495 e. The van der Waals surface area contributed by atoms with Gasteiger partial charge in [-0.15, -0.1) is 0 Å². The summed E-state index contributed by atoms with van der Waals surface area (Å²) in [6.45, 7) is 0.341. The number of non-ortho nitro benzene ring substituents is 1. The number of nitro groups is 1. The summed E-state index contributed by atoms with van der Waals surface area (Å²) in [6.07, 6.45) is 0. The number of nitrogens with zero attached hydrogens (tertiary/aromatic N) is 1. The first kappa shape index (κ1) is 21.8. The van der Waals surface area contributed by atoms with E-state index in [1.165, 1.54) is 43.5 Å². The van der Waals surface area contributed by atoms with Gasteiger partial charge in [0.15, 0.2) is 0 Å². The second-order valence-electron chi connectivity index (χ2n) is 6.44. The van der Waals surface area contributed by atoms with Gasteiger partial charge in [-0.3, -0.25) is 19.6 Å². The van der Waals surface area contributed by atoms with E-state index in [2.05, 4.69) is 10.0 Å². The lowest BCUT2D eigenvalue weighted by atomic mass is 10.2. The van der Waals surface area contributed by atoms with Gasteiger partial charge in [0.1, 0.15) is 5.75 Å². The van der Waals surface area contributed by atoms with Crippen LogP contribution in [0, 0.1) is 10.1 Å². The average molecular weight is 441 g/mol. The molecule has 0 heterocycles. The predicted molar refractivity (Wildman–Crippen MR) is 115 cm³/mol. The van der Waals surface area contributed by atoms with Crippen molar-refractivity contribution >= 4 is 27.3 Å². The average Bonchev–Trinajstić information content (AvgIpc) is 2.78. The van der Waals surface area contributed by atoms with Crippen molar-refractivity contribution in [1.82, 2.24) is 5.32 Å². The minimum atomic E-state index is -4.07. The number of amides is 1. The predicted octanol–water partition coefficient (Wildman–Crippen LogP) is 3.33. The number of rotatable bonds is 8. The third-order valence-corrected chi connectivity index (χ3v) is 5.74. The third kappa shape index (κ3) is 5.37. The van der Waals surface area contributed by atoms with Gasteiger partial charge in [0.05, 0.1) is 22.6 Å². The molecule has 9 nitrogen and oxygen atoms in total. The van der Waals surface area contributed by atoms with Crippen LogP contribution in [0.5, 0.6) is 5.75 Å². The van der Waals surface area contributed by atoms with E-state index in [-0.39, 0.29) is 27.9 Å². The molecule has 0 atom stereocenters. The zero-order valence-electron chi connectivity index (χ0n) is 16.4. The molecule has 0 aromatic heterocycles. The van der Waals surface area contributed by atoms with Crippen LogP contribution in [0.25, 0.3) is 0 Å². The Morgan fingerprint density at radius 1 is 1.03 bits per heavy atom. The summed E-state index contributed by atoms with van der Waals surface area (Å²) in [5, 5.41) is 13.7. The van der Waals surface area contributed by atoms with Crippen LogP contribution in [0.3, 0.4) is 0 Å². The van der Waals surface area contributed by atoms with Crippen LogP contribution in [0.4, 0.5) is 11.4 Å². The molecule has 3 aromatic carbocycles. The van der Waals surface area contributed by atoms with E-state index in [0.717, 1.165) is 11.6 Å². The molecule has 3 aromatic rings. The lowest BCUT2D eigenvalue weighted by Gasteiger charge is -2.12. The molecule has 0 bridgehead atoms. The fourth-order valence-corrected chi connectivity index (χ4v) is 3.82. The van der Waals surface area contributed by atoms with Crippen LogP contribution in [-0.2, 0) is 16.6 Å². The SMILES string of the molecule is COc1ccc([N+](=O)[O-])cc1NS(=O)(=O)c1ccc(C(=O)NCc2ccccc2)cc1. The highest BCUT2D eigenvalue weighted by molar-refractivity contribution is 7.92. The van der Waals surface area contributed by atoms with Gasteiger partial charge in [-0.25, -0.2) is 8.42 Å². The third-order valence-electron chi connectivity index (χ3n) is 4.36. The Bertz CT molecular complexity index is 1200. The molecule has 2 N–H and O–H groups in total. The Morgan fingerprint density at radius 3 is 2.32 bits per heavy atom. The maximum absolute atomic E-state index is 12.7. The zero-order chi connectivity index (χ0) is 22.4. The first-order valence-electron chi connectivity index (χ1n) is 9.07. The van der Waals surface area contributed by atoms with E-state index in [0.29, 0.717) is 12.1 Å². The Labute approximate surface area is 178 Å². The number of anilines is 1. The molecule has 31 heavy (non-hydrogen) atoms. The second kappa shape index (κ2) is 9.26. The molecule has 0 fully saturated rings. The van der Waals surface area contributed by atoms with Crippen LogP contribution >= 0.6 is 0 Å². The van der Waals surface area contributed by atoms with Gasteiger partial charge in [-0.05, 0) is 35.9 Å². The number of ether oxygens (including phenoxy) is 1. The highest BCUT2D eigenvalue weighted by Gasteiger charge is 2.19. The Kier molecular flexibility index (Phi) is 6.51. The summed E-state index contributed by atoms with van der Waals surface area (Å²) in [7, 11) is -2.75. The van der Waals surface area contributed by atoms with Crippen LogP contribution in [0.2, 0.25) is 0 Å². The summed E-state index contributed by atoms with van der Waals surface area (Å²) >= 11 is 0. The van der Waals surface area contributed by atoms with Crippen LogP contribution in [0.1, 0.15) is 15.9 Å². The summed E-state index contributed by atoms with van der Waals surface area (Å²) in [5.74, 6) is -0.216. The molecule has 0 radical (unpaired) electrons. The van der Waals surface area contributed by atoms with E-state index in [4.69, 9.17) is 4.74 Å². The van der Waals surface area contributed by atoms with E-state index in [1.807, 2.05) is 30.3 Å². The van der Waals surface area contributed by atoms with Gasteiger partial charge in [0.25, 0.3) is 21.6 Å². The Balaban J connectivity index is 1.75. The molecule has 0 spiro atoms. The number of methoxy groups -OCH3 is 1. The van der Waals surface area contributed by atoms with Gasteiger partial charge >= 0.3 is 0 Å². The van der Waals surface area contributed by atoms with Crippen molar-refractivity contribution in [3.8, 4) is 5.75 Å². The maximum Gasteiger partial charge on any atom is 0.271 e. The van der Waals surface area contributed by atoms with Crippen molar-refractivity contribution in [3.05, 3.63) is 94.0 Å². The maximum atomic E-state index is 12.7. The molecule has 0 saturated heterocycles. The summed E-state index contributed by atoms with van der Waals surface area (Å²) in [6, 6.07) is 18.3. The number of carbonyl (C=O) groups is 1. The Morgan fingerprint density at radius 2 is 1.71 bits per heavy atom. The molecule has 1 amide bonds. The van der Waals surface area contributed by atoms with Crippen molar-refractivity contribution in [2.75, 3.05) is 11.8 Å². The Hall–Kier alpha value is -3.92. The number of benzene rings is 3. The van der Waals surface area contributed by atoms with Gasteiger partial charge in [0.2, 0.25) is 0 Å². The van der Waals surface area contributed by atoms with Crippen LogP contribution in [0.15, 0.2) is 77.7 Å². The highest BCUT2D eigenvalue weighted by atomic mass is 32.2. The van der Waals surface area contributed by atoms with Crippen molar-refractivity contribution in [2.24, 2.45) is 0 Å². The summed E-state index contributed by atoms with van der Waals surface area (Å²) < 4.78 is 32.8. The van der Waals surface area contributed by atoms with E-state index >= 15 is 0 Å². The quantitative estimate of drug-likeness (QED) is 0.408. The summed E-state index contributed by atoms with van der Waals surface area (Å²) in [4.78, 5) is 22.5. The van der Waals surface area contributed by atoms with Crippen molar-refractivity contribution in [3.63, 3.8) is 0 Å². The van der Waals surface area contributed by atoms with Crippen molar-refractivity contribution in [2.45, 2.75) is 11.4 Å². The lowest BCUT2D eigenvalue weighted by Crippen LogP contribution is -2.22. The number of nitrogens with one attached hydrogen (secondary N) is 2. The standard InChI is InChI=1S/C21H19N3O6S/c1-30-20-12-9-17(24(26)27)13-19(20)23-31(28,29)18-10-7-16(8-11-18)21(25)22-14-15-5-3-2-4-6-15/h2-13,23H,14H2,1H3,(H,22,25). The normalized spacial score (nSPS) is 10.9. The molecule has 3 rings (SSSR count). The first-order valence-corrected chi connectivity index (χ1v) is 10.6.